The summed E-state index contributed by atoms with van der Waals surface area (Å²) in [6.45, 7) is 0. The standard InChI is InChI=1S/C8H5N2.Y/c1-2-4-8-7(3-1)5-9-6-10-8;/h1-4,6H;/q-1;. The minimum atomic E-state index is 0. The van der Waals surface area contributed by atoms with Crippen molar-refractivity contribution in [2.24, 2.45) is 0 Å². The molecule has 0 amide bonds. The van der Waals surface area contributed by atoms with Crippen molar-refractivity contribution in [3.05, 3.63) is 36.8 Å². The van der Waals surface area contributed by atoms with Crippen LogP contribution in [-0.2, 0) is 32.7 Å². The van der Waals surface area contributed by atoms with Gasteiger partial charge < -0.3 is 9.97 Å². The van der Waals surface area contributed by atoms with E-state index >= 15 is 0 Å². The van der Waals surface area contributed by atoms with Crippen molar-refractivity contribution in [3.63, 3.8) is 0 Å². The minimum absolute atomic E-state index is 0. The molecule has 2 nitrogen and oxygen atoms in total. The fourth-order valence-electron chi connectivity index (χ4n) is 0.870. The molecule has 11 heavy (non-hydrogen) atoms. The average molecular weight is 218 g/mol. The van der Waals surface area contributed by atoms with Crippen LogP contribution in [0.1, 0.15) is 0 Å². The van der Waals surface area contributed by atoms with Gasteiger partial charge in [-0.3, -0.25) is 0 Å². The Morgan fingerprint density at radius 3 is 2.82 bits per heavy atom. The summed E-state index contributed by atoms with van der Waals surface area (Å²) >= 11 is 0. The second-order valence-electron chi connectivity index (χ2n) is 2.00. The van der Waals surface area contributed by atoms with E-state index in [4.69, 9.17) is 0 Å². The van der Waals surface area contributed by atoms with E-state index in [2.05, 4.69) is 16.2 Å². The predicted molar refractivity (Wildman–Crippen MR) is 38.4 cm³/mol. The van der Waals surface area contributed by atoms with Gasteiger partial charge in [0, 0.05) is 39.0 Å². The fraction of sp³-hybridized carbons (Fsp3) is 0. The summed E-state index contributed by atoms with van der Waals surface area (Å²) in [5.41, 5.74) is 0.942. The summed E-state index contributed by atoms with van der Waals surface area (Å²) in [5.74, 6) is 0. The van der Waals surface area contributed by atoms with Crippen LogP contribution in [0.3, 0.4) is 0 Å². The SMILES string of the molecule is [Y].[c-]1ncnc2ccccc12. The molecule has 0 saturated heterocycles. The number of fused-ring (bicyclic) bond motifs is 1. The van der Waals surface area contributed by atoms with Crippen molar-refractivity contribution in [3.8, 4) is 0 Å². The van der Waals surface area contributed by atoms with E-state index in [1.54, 1.807) is 0 Å². The molecule has 2 aromatic rings. The van der Waals surface area contributed by atoms with Gasteiger partial charge in [-0.25, -0.2) is 0 Å². The van der Waals surface area contributed by atoms with Crippen LogP contribution >= 0.6 is 0 Å². The summed E-state index contributed by atoms with van der Waals surface area (Å²) in [6.07, 6.45) is 4.34. The summed E-state index contributed by atoms with van der Waals surface area (Å²) in [4.78, 5) is 7.82. The maximum atomic E-state index is 4.04. The minimum Gasteiger partial charge on any atom is -0.341 e. The second-order valence-corrected chi connectivity index (χ2v) is 2.00. The molecular weight excluding hydrogens is 213 g/mol. The van der Waals surface area contributed by atoms with Crippen LogP contribution in [0.25, 0.3) is 10.9 Å². The van der Waals surface area contributed by atoms with Crippen molar-refractivity contribution in [2.45, 2.75) is 0 Å². The van der Waals surface area contributed by atoms with Crippen molar-refractivity contribution < 1.29 is 32.7 Å². The third-order valence-corrected chi connectivity index (χ3v) is 1.34. The Balaban J connectivity index is 0.000000605. The zero-order valence-corrected chi connectivity index (χ0v) is 8.70. The quantitative estimate of drug-likeness (QED) is 0.625. The van der Waals surface area contributed by atoms with Gasteiger partial charge >= 0.3 is 0 Å². The molecule has 0 N–H and O–H groups in total. The molecule has 0 unspecified atom stereocenters. The summed E-state index contributed by atoms with van der Waals surface area (Å²) in [6, 6.07) is 7.77. The molecule has 0 bridgehead atoms. The number of aromatic nitrogens is 2. The number of rotatable bonds is 0. The maximum absolute atomic E-state index is 4.04. The number of hydrogen-bond donors (Lipinski definition) is 0. The van der Waals surface area contributed by atoms with Gasteiger partial charge in [-0.05, 0) is 11.7 Å². The average Bonchev–Trinajstić information content (AvgIpc) is 2.05. The van der Waals surface area contributed by atoms with Crippen LogP contribution in [0.5, 0.6) is 0 Å². The summed E-state index contributed by atoms with van der Waals surface area (Å²) in [5, 5.41) is 0.963. The van der Waals surface area contributed by atoms with E-state index in [1.807, 2.05) is 24.3 Å². The van der Waals surface area contributed by atoms with E-state index in [-0.39, 0.29) is 32.7 Å². The Morgan fingerprint density at radius 2 is 2.00 bits per heavy atom. The van der Waals surface area contributed by atoms with Crippen LogP contribution in [0, 0.1) is 6.20 Å². The number of hydrogen-bond acceptors (Lipinski definition) is 2. The van der Waals surface area contributed by atoms with Gasteiger partial charge in [0.15, 0.2) is 0 Å². The molecule has 2 rings (SSSR count). The first kappa shape index (κ1) is 8.76. The normalized spacial score (nSPS) is 9.09. The molecule has 1 aromatic heterocycles. The molecule has 51 valence electrons. The zero-order chi connectivity index (χ0) is 6.81. The predicted octanol–water partition coefficient (Wildman–Crippen LogP) is 1.43. The molecule has 0 atom stereocenters. The third kappa shape index (κ3) is 1.82. The van der Waals surface area contributed by atoms with E-state index in [0.29, 0.717) is 0 Å². The first-order valence-electron chi connectivity index (χ1n) is 3.04. The van der Waals surface area contributed by atoms with Crippen LogP contribution < -0.4 is 0 Å². The van der Waals surface area contributed by atoms with Crippen LogP contribution in [-0.4, -0.2) is 9.97 Å². The van der Waals surface area contributed by atoms with Crippen LogP contribution in [0.2, 0.25) is 0 Å². The van der Waals surface area contributed by atoms with Gasteiger partial charge in [0.2, 0.25) is 0 Å². The largest absolute Gasteiger partial charge is 0.341 e. The van der Waals surface area contributed by atoms with Crippen molar-refractivity contribution in [1.29, 1.82) is 0 Å². The molecule has 0 aliphatic carbocycles. The monoisotopic (exact) mass is 218 g/mol. The maximum Gasteiger partial charge on any atom is 0.0295 e. The molecule has 0 spiro atoms. The van der Waals surface area contributed by atoms with Gasteiger partial charge in [0.05, 0.1) is 0 Å². The zero-order valence-electron chi connectivity index (χ0n) is 5.86. The van der Waals surface area contributed by atoms with Crippen LogP contribution in [0.15, 0.2) is 30.6 Å². The molecule has 0 aliphatic rings. The number of para-hydroxylation sites is 1. The van der Waals surface area contributed by atoms with E-state index < -0.39 is 0 Å². The van der Waals surface area contributed by atoms with Gasteiger partial charge in [0.25, 0.3) is 0 Å². The third-order valence-electron chi connectivity index (χ3n) is 1.34. The van der Waals surface area contributed by atoms with Crippen molar-refractivity contribution in [1.82, 2.24) is 9.97 Å². The molecule has 0 aliphatic heterocycles. The van der Waals surface area contributed by atoms with Crippen LogP contribution in [0.4, 0.5) is 0 Å². The summed E-state index contributed by atoms with van der Waals surface area (Å²) in [7, 11) is 0. The van der Waals surface area contributed by atoms with Gasteiger partial charge in [0.1, 0.15) is 0 Å². The Labute approximate surface area is 89.9 Å². The Morgan fingerprint density at radius 1 is 1.18 bits per heavy atom. The molecule has 0 fully saturated rings. The molecule has 3 heteroatoms. The topological polar surface area (TPSA) is 25.8 Å². The van der Waals surface area contributed by atoms with Crippen molar-refractivity contribution in [2.75, 3.05) is 0 Å². The molecule has 0 saturated carbocycles. The molecule has 1 radical (unpaired) electrons. The van der Waals surface area contributed by atoms with E-state index in [0.717, 1.165) is 10.9 Å². The molecule has 1 aromatic carbocycles. The van der Waals surface area contributed by atoms with Gasteiger partial charge in [-0.1, -0.05) is 12.1 Å². The van der Waals surface area contributed by atoms with Crippen molar-refractivity contribution >= 4 is 10.9 Å². The first-order chi connectivity index (χ1) is 4.97. The van der Waals surface area contributed by atoms with E-state index in [1.165, 1.54) is 6.33 Å². The Kier molecular flexibility index (Phi) is 3.09. The first-order valence-corrected chi connectivity index (χ1v) is 3.04. The second kappa shape index (κ2) is 3.89. The van der Waals surface area contributed by atoms with Gasteiger partial charge in [-0.15, -0.1) is 17.5 Å². The van der Waals surface area contributed by atoms with Gasteiger partial charge in [-0.2, -0.15) is 0 Å². The Hall–Kier alpha value is -0.336. The number of nitrogens with zero attached hydrogens (tertiary/aromatic N) is 2. The smallest absolute Gasteiger partial charge is 0.0295 e. The van der Waals surface area contributed by atoms with E-state index in [9.17, 15) is 0 Å². The molecular formula is C8H5N2Y-. The fourth-order valence-corrected chi connectivity index (χ4v) is 0.870. The number of benzene rings is 1. The summed E-state index contributed by atoms with van der Waals surface area (Å²) < 4.78 is 0. The molecule has 1 heterocycles. The Bertz CT molecular complexity index is 283.